The van der Waals surface area contributed by atoms with Crippen LogP contribution < -0.4 is 5.32 Å². The number of carbonyl (C=O) groups is 1. The Morgan fingerprint density at radius 3 is 1.29 bits per heavy atom. The molecule has 19 heteroatoms. The molecule has 17 atom stereocenters. The van der Waals surface area contributed by atoms with E-state index in [9.17, 15) is 61.0 Å². The lowest BCUT2D eigenvalue weighted by Gasteiger charge is -2.48. The molecule has 466 valence electrons. The highest BCUT2D eigenvalue weighted by Gasteiger charge is 2.53. The maximum Gasteiger partial charge on any atom is 0.220 e. The van der Waals surface area contributed by atoms with E-state index in [0.717, 1.165) is 103 Å². The van der Waals surface area contributed by atoms with E-state index >= 15 is 0 Å². The normalized spacial score (nSPS) is 30.5. The molecule has 0 bridgehead atoms. The van der Waals surface area contributed by atoms with Crippen molar-refractivity contribution in [3.8, 4) is 0 Å². The van der Waals surface area contributed by atoms with Crippen LogP contribution in [-0.4, -0.2) is 193 Å². The molecule has 0 spiro atoms. The number of rotatable bonds is 41. The van der Waals surface area contributed by atoms with Crippen LogP contribution in [0.25, 0.3) is 0 Å². The highest BCUT2D eigenvalue weighted by Crippen LogP contribution is 2.33. The summed E-state index contributed by atoms with van der Waals surface area (Å²) in [6.45, 7) is 1.43. The second kappa shape index (κ2) is 44.6. The third-order valence-corrected chi connectivity index (χ3v) is 14.0. The smallest absolute Gasteiger partial charge is 0.220 e. The van der Waals surface area contributed by atoms with E-state index in [-0.39, 0.29) is 18.9 Å². The number of allylic oxidation sites excluding steroid dienone is 19. The van der Waals surface area contributed by atoms with Crippen LogP contribution in [-0.2, 0) is 33.2 Å². The van der Waals surface area contributed by atoms with E-state index in [1.165, 1.54) is 0 Å². The standard InChI is InChI=1S/C63H101NO18/c1-3-5-7-9-11-12-13-14-15-16-17-18-19-20-21-22-23-24-25-26-27-28-29-30-31-32-33-34-35-37-39-41-51(69)64-46(47(68)40-38-36-10-8-6-4-2)45-77-61-57(75)54(72)59(49(43-66)79-61)82-63-58(76)55(73)60(50(44-67)80-63)81-62-56(74)53(71)52(70)48(42-65)78-62/h5,7,11-12,14-15,17-18,20-21,23-24,26-27,29-30,32-33,38,40,46-50,52-63,65-68,70-76H,3-4,6,8-10,13,16,19,22,25,28,31,34-37,39,41-45H2,1-2H3,(H,64,69)/b7-5-,12-11-,15-14-,18-17-,21-20-,24-23-,27-26-,30-29-,33-32-,40-38+. The Hall–Kier alpha value is -3.81. The van der Waals surface area contributed by atoms with Gasteiger partial charge >= 0.3 is 0 Å². The third-order valence-electron chi connectivity index (χ3n) is 14.0. The van der Waals surface area contributed by atoms with Crippen molar-refractivity contribution >= 4 is 5.91 Å². The van der Waals surface area contributed by atoms with Gasteiger partial charge in [0.15, 0.2) is 18.9 Å². The first kappa shape index (κ1) is 72.4. The molecule has 12 N–H and O–H groups in total. The fourth-order valence-electron chi connectivity index (χ4n) is 9.12. The quantitative estimate of drug-likeness (QED) is 0.0273. The molecule has 3 fully saturated rings. The highest BCUT2D eigenvalue weighted by molar-refractivity contribution is 5.76. The van der Waals surface area contributed by atoms with Crippen molar-refractivity contribution in [1.82, 2.24) is 5.32 Å². The predicted octanol–water partition coefficient (Wildman–Crippen LogP) is 5.31. The molecular weight excluding hydrogens is 1060 g/mol. The zero-order chi connectivity index (χ0) is 59.7. The van der Waals surface area contributed by atoms with Crippen molar-refractivity contribution in [2.24, 2.45) is 0 Å². The van der Waals surface area contributed by atoms with Crippen LogP contribution in [0, 0.1) is 0 Å². The van der Waals surface area contributed by atoms with Crippen molar-refractivity contribution in [3.63, 3.8) is 0 Å². The van der Waals surface area contributed by atoms with Gasteiger partial charge in [0.25, 0.3) is 0 Å². The lowest BCUT2D eigenvalue weighted by molar-refractivity contribution is -0.379. The van der Waals surface area contributed by atoms with Gasteiger partial charge in [0.2, 0.25) is 5.91 Å². The fourth-order valence-corrected chi connectivity index (χ4v) is 9.12. The number of carbonyl (C=O) groups excluding carboxylic acids is 1. The van der Waals surface area contributed by atoms with Gasteiger partial charge in [-0.15, -0.1) is 0 Å². The monoisotopic (exact) mass is 1160 g/mol. The van der Waals surface area contributed by atoms with Crippen LogP contribution in [0.1, 0.15) is 136 Å². The van der Waals surface area contributed by atoms with Crippen molar-refractivity contribution in [2.45, 2.75) is 240 Å². The number of ether oxygens (including phenoxy) is 6. The first-order chi connectivity index (χ1) is 39.8. The molecule has 0 aliphatic carbocycles. The molecule has 3 aliphatic rings. The van der Waals surface area contributed by atoms with E-state index in [0.29, 0.717) is 12.8 Å². The average Bonchev–Trinajstić information content (AvgIpc) is 3.60. The van der Waals surface area contributed by atoms with Gasteiger partial charge in [0.1, 0.15) is 73.2 Å². The summed E-state index contributed by atoms with van der Waals surface area (Å²) in [7, 11) is 0. The number of aliphatic hydroxyl groups excluding tert-OH is 11. The molecular formula is C63H101NO18. The minimum atomic E-state index is -1.99. The largest absolute Gasteiger partial charge is 0.394 e. The summed E-state index contributed by atoms with van der Waals surface area (Å²) < 4.78 is 34.0. The molecule has 0 aromatic rings. The lowest BCUT2D eigenvalue weighted by atomic mass is 9.96. The van der Waals surface area contributed by atoms with Crippen LogP contribution in [0.5, 0.6) is 0 Å². The van der Waals surface area contributed by atoms with E-state index in [1.54, 1.807) is 6.08 Å². The summed E-state index contributed by atoms with van der Waals surface area (Å²) in [4.78, 5) is 13.2. The number of amides is 1. The molecule has 82 heavy (non-hydrogen) atoms. The van der Waals surface area contributed by atoms with Gasteiger partial charge in [-0.1, -0.05) is 161 Å². The van der Waals surface area contributed by atoms with E-state index < -0.39 is 124 Å². The third kappa shape index (κ3) is 27.9. The van der Waals surface area contributed by atoms with Gasteiger partial charge in [-0.25, -0.2) is 0 Å². The highest BCUT2D eigenvalue weighted by atomic mass is 16.8. The Morgan fingerprint density at radius 1 is 0.451 bits per heavy atom. The van der Waals surface area contributed by atoms with Crippen LogP contribution in [0.4, 0.5) is 0 Å². The molecule has 3 saturated heterocycles. The lowest BCUT2D eigenvalue weighted by Crippen LogP contribution is -2.66. The zero-order valence-electron chi connectivity index (χ0n) is 48.4. The molecule has 0 radical (unpaired) electrons. The summed E-state index contributed by atoms with van der Waals surface area (Å²) in [6, 6.07) is -0.997. The maximum absolute atomic E-state index is 13.2. The average molecular weight is 1160 g/mol. The Balaban J connectivity index is 1.39. The SMILES string of the molecule is CC/C=C\C/C=C\C/C=C\C/C=C\C/C=C\C/C=C\C/C=C\C/C=C\C/C=C\CCCCCC(=O)NC(COC1OC(CO)C(OC2OC(CO)C(OC3OC(CO)C(O)C(O)C3O)C(O)C2O)C(O)C1O)C(O)/C=C/CCCCCC. The first-order valence-corrected chi connectivity index (χ1v) is 29.8. The van der Waals surface area contributed by atoms with E-state index in [4.69, 9.17) is 28.4 Å². The minimum Gasteiger partial charge on any atom is -0.394 e. The Kier molecular flexibility index (Phi) is 39.4. The predicted molar refractivity (Wildman–Crippen MR) is 313 cm³/mol. The Morgan fingerprint density at radius 2 is 0.841 bits per heavy atom. The molecule has 1 amide bonds. The van der Waals surface area contributed by atoms with Gasteiger partial charge in [-0.2, -0.15) is 0 Å². The second-order valence-corrected chi connectivity index (χ2v) is 20.7. The summed E-state index contributed by atoms with van der Waals surface area (Å²) in [5.41, 5.74) is 0. The van der Waals surface area contributed by atoms with Crippen molar-refractivity contribution < 1.29 is 89.4 Å². The Labute approximate surface area is 487 Å². The number of unbranched alkanes of at least 4 members (excludes halogenated alkanes) is 7. The van der Waals surface area contributed by atoms with Gasteiger partial charge in [0, 0.05) is 6.42 Å². The Bertz CT molecular complexity index is 1960. The van der Waals surface area contributed by atoms with Gasteiger partial charge in [-0.3, -0.25) is 4.79 Å². The second-order valence-electron chi connectivity index (χ2n) is 20.7. The summed E-state index contributed by atoms with van der Waals surface area (Å²) in [6.07, 6.45) is 32.5. The molecule has 0 aromatic carbocycles. The van der Waals surface area contributed by atoms with Crippen LogP contribution in [0.3, 0.4) is 0 Å². The zero-order valence-corrected chi connectivity index (χ0v) is 48.4. The molecule has 3 rings (SSSR count). The molecule has 3 heterocycles. The number of nitrogens with one attached hydrogen (secondary N) is 1. The van der Waals surface area contributed by atoms with Crippen LogP contribution >= 0.6 is 0 Å². The summed E-state index contributed by atoms with van der Waals surface area (Å²) >= 11 is 0. The van der Waals surface area contributed by atoms with Gasteiger partial charge in [0.05, 0.1) is 38.6 Å². The van der Waals surface area contributed by atoms with Crippen molar-refractivity contribution in [2.75, 3.05) is 26.4 Å². The topological polar surface area (TPSA) is 307 Å². The summed E-state index contributed by atoms with van der Waals surface area (Å²) in [5.74, 6) is -0.321. The van der Waals surface area contributed by atoms with Crippen molar-refractivity contribution in [3.05, 3.63) is 122 Å². The molecule has 3 aliphatic heterocycles. The van der Waals surface area contributed by atoms with Crippen LogP contribution in [0.15, 0.2) is 122 Å². The number of hydrogen-bond donors (Lipinski definition) is 12. The maximum atomic E-state index is 13.2. The van der Waals surface area contributed by atoms with E-state index in [2.05, 4.69) is 129 Å². The number of hydrogen-bond acceptors (Lipinski definition) is 18. The molecule has 19 nitrogen and oxygen atoms in total. The van der Waals surface area contributed by atoms with Crippen LogP contribution in [0.2, 0.25) is 0 Å². The van der Waals surface area contributed by atoms with Gasteiger partial charge < -0.3 is 89.9 Å². The van der Waals surface area contributed by atoms with Gasteiger partial charge in [-0.05, 0) is 89.9 Å². The minimum absolute atomic E-state index is 0.193. The van der Waals surface area contributed by atoms with E-state index in [1.807, 2.05) is 6.08 Å². The number of aliphatic hydroxyl groups is 11. The molecule has 0 aromatic heterocycles. The molecule has 17 unspecified atom stereocenters. The fraction of sp³-hybridized carbons (Fsp3) is 0.667. The molecule has 0 saturated carbocycles. The van der Waals surface area contributed by atoms with Crippen molar-refractivity contribution in [1.29, 1.82) is 0 Å². The summed E-state index contributed by atoms with van der Waals surface area (Å²) in [5, 5.41) is 119. The first-order valence-electron chi connectivity index (χ1n) is 29.8.